The van der Waals surface area contributed by atoms with Crippen molar-refractivity contribution in [1.82, 2.24) is 4.90 Å². The first-order valence-corrected chi connectivity index (χ1v) is 7.33. The van der Waals surface area contributed by atoms with Crippen molar-refractivity contribution in [2.24, 2.45) is 11.7 Å². The summed E-state index contributed by atoms with van der Waals surface area (Å²) in [4.78, 5) is 24.7. The summed E-state index contributed by atoms with van der Waals surface area (Å²) >= 11 is 1.69. The van der Waals surface area contributed by atoms with Gasteiger partial charge in [0.15, 0.2) is 0 Å². The van der Waals surface area contributed by atoms with Crippen LogP contribution in [0.5, 0.6) is 0 Å². The van der Waals surface area contributed by atoms with Gasteiger partial charge >= 0.3 is 5.97 Å². The van der Waals surface area contributed by atoms with Gasteiger partial charge in [-0.15, -0.1) is 0 Å². The smallest absolute Gasteiger partial charge is 0.352 e. The second kappa shape index (κ2) is 5.32. The number of aliphatic carboxylic acids is 1. The van der Waals surface area contributed by atoms with E-state index in [0.717, 1.165) is 11.3 Å². The van der Waals surface area contributed by atoms with Gasteiger partial charge in [-0.2, -0.15) is 11.8 Å². The molecular formula is C12H18N2O3S. The monoisotopic (exact) mass is 270 g/mol. The molecule has 100 valence electrons. The number of carbonyl (C=O) groups is 2. The van der Waals surface area contributed by atoms with Gasteiger partial charge in [0.05, 0.1) is 12.0 Å². The summed E-state index contributed by atoms with van der Waals surface area (Å²) in [6.07, 6.45) is 1.35. The number of carbonyl (C=O) groups excluding carboxylic acids is 1. The van der Waals surface area contributed by atoms with E-state index >= 15 is 0 Å². The standard InChI is InChI=1S/C12H18N2O3S/c1-2-18-6-7-5-9-8(3-4-13)11(15)14(9)10(7)12(16)17/h8-9H,2-6,13H2,1H3,(H,16,17)/t8-,9+/m1/s1. The third-order valence-corrected chi connectivity index (χ3v) is 4.50. The molecule has 2 rings (SSSR count). The highest BCUT2D eigenvalue weighted by Crippen LogP contribution is 2.44. The molecule has 5 nitrogen and oxygen atoms in total. The van der Waals surface area contributed by atoms with Crippen molar-refractivity contribution in [3.63, 3.8) is 0 Å². The number of carboxylic acids is 1. The Labute approximate surface area is 110 Å². The predicted octanol–water partition coefficient (Wildman–Crippen LogP) is 0.658. The summed E-state index contributed by atoms with van der Waals surface area (Å²) in [5.74, 6) is 0.520. The lowest BCUT2D eigenvalue weighted by atomic mass is 9.84. The molecule has 1 amide bonds. The number of rotatable bonds is 6. The van der Waals surface area contributed by atoms with Crippen LogP contribution < -0.4 is 5.73 Å². The van der Waals surface area contributed by atoms with Gasteiger partial charge in [0.25, 0.3) is 0 Å². The van der Waals surface area contributed by atoms with E-state index in [9.17, 15) is 14.7 Å². The van der Waals surface area contributed by atoms with Gasteiger partial charge in [0.1, 0.15) is 5.70 Å². The minimum atomic E-state index is -0.983. The zero-order valence-corrected chi connectivity index (χ0v) is 11.2. The molecule has 0 aromatic heterocycles. The van der Waals surface area contributed by atoms with Crippen LogP contribution in [-0.2, 0) is 9.59 Å². The van der Waals surface area contributed by atoms with Crippen LogP contribution in [0.1, 0.15) is 19.8 Å². The molecule has 1 saturated heterocycles. The number of nitrogens with zero attached hydrogens (tertiary/aromatic N) is 1. The molecule has 0 saturated carbocycles. The molecule has 2 aliphatic heterocycles. The zero-order valence-electron chi connectivity index (χ0n) is 10.4. The molecule has 0 bridgehead atoms. The predicted molar refractivity (Wildman–Crippen MR) is 70.1 cm³/mol. The largest absolute Gasteiger partial charge is 0.477 e. The van der Waals surface area contributed by atoms with Crippen LogP contribution in [-0.4, -0.2) is 46.0 Å². The Kier molecular flexibility index (Phi) is 3.97. The van der Waals surface area contributed by atoms with Crippen molar-refractivity contribution < 1.29 is 14.7 Å². The van der Waals surface area contributed by atoms with E-state index in [1.54, 1.807) is 11.8 Å². The highest BCUT2D eigenvalue weighted by molar-refractivity contribution is 7.99. The third-order valence-electron chi connectivity index (χ3n) is 3.54. The van der Waals surface area contributed by atoms with E-state index in [1.807, 2.05) is 6.92 Å². The van der Waals surface area contributed by atoms with Crippen LogP contribution in [0.25, 0.3) is 0 Å². The molecule has 6 heteroatoms. The maximum Gasteiger partial charge on any atom is 0.352 e. The molecule has 0 unspecified atom stereocenters. The number of thioether (sulfide) groups is 1. The number of amides is 1. The van der Waals surface area contributed by atoms with Crippen LogP contribution in [0, 0.1) is 5.92 Å². The number of fused-ring (bicyclic) bond motifs is 1. The summed E-state index contributed by atoms with van der Waals surface area (Å²) in [5.41, 5.74) is 6.61. The summed E-state index contributed by atoms with van der Waals surface area (Å²) in [6.45, 7) is 2.51. The normalized spacial score (nSPS) is 26.3. The molecule has 2 aliphatic rings. The fourth-order valence-electron chi connectivity index (χ4n) is 2.74. The molecule has 0 radical (unpaired) electrons. The van der Waals surface area contributed by atoms with E-state index in [0.29, 0.717) is 25.1 Å². The fraction of sp³-hybridized carbons (Fsp3) is 0.667. The summed E-state index contributed by atoms with van der Waals surface area (Å²) in [5, 5.41) is 9.25. The van der Waals surface area contributed by atoms with Gasteiger partial charge in [-0.1, -0.05) is 6.92 Å². The first-order chi connectivity index (χ1) is 8.61. The minimum absolute atomic E-state index is 0.0413. The Bertz CT molecular complexity index is 408. The molecule has 2 atom stereocenters. The van der Waals surface area contributed by atoms with Crippen LogP contribution in [0.4, 0.5) is 0 Å². The van der Waals surface area contributed by atoms with Gasteiger partial charge in [-0.25, -0.2) is 4.79 Å². The average molecular weight is 270 g/mol. The van der Waals surface area contributed by atoms with E-state index in [1.165, 1.54) is 4.90 Å². The van der Waals surface area contributed by atoms with E-state index < -0.39 is 5.97 Å². The van der Waals surface area contributed by atoms with Gasteiger partial charge in [0.2, 0.25) is 5.91 Å². The van der Waals surface area contributed by atoms with E-state index in [2.05, 4.69) is 0 Å². The molecule has 0 aromatic carbocycles. The fourth-order valence-corrected chi connectivity index (χ4v) is 3.44. The average Bonchev–Trinajstić information content (AvgIpc) is 2.68. The van der Waals surface area contributed by atoms with Crippen molar-refractivity contribution in [2.75, 3.05) is 18.1 Å². The molecule has 1 fully saturated rings. The second-order valence-corrected chi connectivity index (χ2v) is 5.83. The number of β-lactam (4-membered cyclic amide) rings is 1. The maximum atomic E-state index is 11.9. The van der Waals surface area contributed by atoms with Crippen molar-refractivity contribution in [3.05, 3.63) is 11.3 Å². The number of hydrogen-bond acceptors (Lipinski definition) is 4. The van der Waals surface area contributed by atoms with E-state index in [-0.39, 0.29) is 23.6 Å². The van der Waals surface area contributed by atoms with Gasteiger partial charge < -0.3 is 15.7 Å². The lowest BCUT2D eigenvalue weighted by Crippen LogP contribution is -2.58. The molecule has 2 heterocycles. The van der Waals surface area contributed by atoms with Crippen molar-refractivity contribution >= 4 is 23.6 Å². The van der Waals surface area contributed by atoms with E-state index in [4.69, 9.17) is 5.73 Å². The first-order valence-electron chi connectivity index (χ1n) is 6.18. The molecule has 18 heavy (non-hydrogen) atoms. The van der Waals surface area contributed by atoms with Crippen LogP contribution in [0.2, 0.25) is 0 Å². The van der Waals surface area contributed by atoms with Crippen LogP contribution in [0.15, 0.2) is 11.3 Å². The lowest BCUT2D eigenvalue weighted by Gasteiger charge is -2.43. The highest BCUT2D eigenvalue weighted by atomic mass is 32.2. The topological polar surface area (TPSA) is 83.6 Å². The highest BCUT2D eigenvalue weighted by Gasteiger charge is 2.54. The summed E-state index contributed by atoms with van der Waals surface area (Å²) in [6, 6.07) is 0.0413. The lowest BCUT2D eigenvalue weighted by molar-refractivity contribution is -0.155. The molecule has 3 N–H and O–H groups in total. The van der Waals surface area contributed by atoms with Crippen LogP contribution in [0.3, 0.4) is 0 Å². The first kappa shape index (κ1) is 13.4. The Morgan fingerprint density at radius 3 is 2.89 bits per heavy atom. The maximum absolute atomic E-state index is 11.9. The summed E-state index contributed by atoms with van der Waals surface area (Å²) in [7, 11) is 0. The van der Waals surface area contributed by atoms with Gasteiger partial charge in [-0.3, -0.25) is 4.79 Å². The Balaban J connectivity index is 2.16. The minimum Gasteiger partial charge on any atom is -0.477 e. The van der Waals surface area contributed by atoms with Crippen molar-refractivity contribution in [2.45, 2.75) is 25.8 Å². The third kappa shape index (κ3) is 2.03. The number of carboxylic acid groups (broad SMARTS) is 1. The summed E-state index contributed by atoms with van der Waals surface area (Å²) < 4.78 is 0. The molecule has 0 aromatic rings. The van der Waals surface area contributed by atoms with Crippen molar-refractivity contribution in [3.8, 4) is 0 Å². The molecular weight excluding hydrogens is 252 g/mol. The second-order valence-electron chi connectivity index (χ2n) is 4.56. The van der Waals surface area contributed by atoms with Crippen LogP contribution >= 0.6 is 11.8 Å². The zero-order chi connectivity index (χ0) is 13.3. The Morgan fingerprint density at radius 1 is 1.61 bits per heavy atom. The SMILES string of the molecule is CCSCC1=C(C(=O)O)N2C(=O)[C@H](CCN)[C@@H]2C1. The van der Waals surface area contributed by atoms with Gasteiger partial charge in [0, 0.05) is 5.75 Å². The number of nitrogens with two attached hydrogens (primary N) is 1. The molecule has 0 spiro atoms. The Morgan fingerprint density at radius 2 is 2.33 bits per heavy atom. The van der Waals surface area contributed by atoms with Gasteiger partial charge in [-0.05, 0) is 30.7 Å². The number of hydrogen-bond donors (Lipinski definition) is 2. The molecule has 0 aliphatic carbocycles. The van der Waals surface area contributed by atoms with Crippen molar-refractivity contribution in [1.29, 1.82) is 0 Å². The Hall–Kier alpha value is -1.01. The quantitative estimate of drug-likeness (QED) is 0.693.